The Kier molecular flexibility index (Phi) is 4.99. The van der Waals surface area contributed by atoms with Crippen molar-refractivity contribution in [3.63, 3.8) is 0 Å². The predicted molar refractivity (Wildman–Crippen MR) is 78.2 cm³/mol. The van der Waals surface area contributed by atoms with Crippen molar-refractivity contribution in [3.05, 3.63) is 34.8 Å². The van der Waals surface area contributed by atoms with Gasteiger partial charge in [-0.2, -0.15) is 0 Å². The van der Waals surface area contributed by atoms with Crippen molar-refractivity contribution in [2.24, 2.45) is 0 Å². The first-order valence-electron chi connectivity index (χ1n) is 6.86. The molecule has 2 rings (SSSR count). The lowest BCUT2D eigenvalue weighted by atomic mass is 10.3. The predicted octanol–water partition coefficient (Wildman–Crippen LogP) is 0.665. The highest BCUT2D eigenvalue weighted by atomic mass is 16.4. The van der Waals surface area contributed by atoms with E-state index in [0.717, 1.165) is 0 Å². The number of hydrogen-bond acceptors (Lipinski definition) is 4. The number of rotatable bonds is 6. The molecule has 114 valence electrons. The van der Waals surface area contributed by atoms with E-state index in [2.05, 4.69) is 10.6 Å². The Morgan fingerprint density at radius 3 is 2.81 bits per heavy atom. The van der Waals surface area contributed by atoms with Crippen molar-refractivity contribution in [3.8, 4) is 0 Å². The Balaban J connectivity index is 1.84. The van der Waals surface area contributed by atoms with Gasteiger partial charge in [-0.1, -0.05) is 12.1 Å². The van der Waals surface area contributed by atoms with Crippen molar-refractivity contribution in [2.45, 2.75) is 26.0 Å². The Morgan fingerprint density at radius 2 is 2.05 bits per heavy atom. The standard InChI is InChI=1S/C14H19N3O4/c1-10(18)6-7-15-13(19)16-8-9-17-11-4-2-3-5-12(11)21-14(17)20/h2-5,10,18H,6-9H2,1H3,(H2,15,16,19). The number of oxazole rings is 1. The maximum atomic E-state index is 11.7. The summed E-state index contributed by atoms with van der Waals surface area (Å²) in [7, 11) is 0. The zero-order chi connectivity index (χ0) is 15.2. The number of nitrogens with zero attached hydrogens (tertiary/aromatic N) is 1. The fraction of sp³-hybridized carbons (Fsp3) is 0.429. The van der Waals surface area contributed by atoms with Gasteiger partial charge in [0.1, 0.15) is 0 Å². The van der Waals surface area contributed by atoms with Gasteiger partial charge in [0.25, 0.3) is 0 Å². The van der Waals surface area contributed by atoms with E-state index in [1.54, 1.807) is 25.1 Å². The number of amides is 2. The fourth-order valence-electron chi connectivity index (χ4n) is 1.96. The summed E-state index contributed by atoms with van der Waals surface area (Å²) in [4.78, 5) is 23.2. The molecule has 7 nitrogen and oxygen atoms in total. The maximum Gasteiger partial charge on any atom is 0.420 e. The molecule has 0 aliphatic carbocycles. The number of carbonyl (C=O) groups is 1. The number of aliphatic hydroxyl groups is 1. The van der Waals surface area contributed by atoms with E-state index in [0.29, 0.717) is 37.2 Å². The second kappa shape index (κ2) is 6.94. The quantitative estimate of drug-likeness (QED) is 0.729. The molecule has 0 fully saturated rings. The lowest BCUT2D eigenvalue weighted by Crippen LogP contribution is -2.38. The molecule has 0 aliphatic rings. The summed E-state index contributed by atoms with van der Waals surface area (Å²) in [6, 6.07) is 6.82. The van der Waals surface area contributed by atoms with Crippen LogP contribution in [0.2, 0.25) is 0 Å². The molecule has 2 aromatic rings. The SMILES string of the molecule is CC(O)CCNC(=O)NCCn1c(=O)oc2ccccc21. The van der Waals surface area contributed by atoms with Gasteiger partial charge in [0.15, 0.2) is 5.58 Å². The Hall–Kier alpha value is -2.28. The molecule has 0 saturated carbocycles. The number of fused-ring (bicyclic) bond motifs is 1. The lowest BCUT2D eigenvalue weighted by molar-refractivity contribution is 0.183. The number of aromatic nitrogens is 1. The van der Waals surface area contributed by atoms with Gasteiger partial charge in [0.2, 0.25) is 0 Å². The highest BCUT2D eigenvalue weighted by Crippen LogP contribution is 2.10. The van der Waals surface area contributed by atoms with E-state index in [1.165, 1.54) is 4.57 Å². The third-order valence-electron chi connectivity index (χ3n) is 3.04. The summed E-state index contributed by atoms with van der Waals surface area (Å²) >= 11 is 0. The average Bonchev–Trinajstić information content (AvgIpc) is 2.75. The molecule has 1 atom stereocenters. The first-order valence-corrected chi connectivity index (χ1v) is 6.86. The van der Waals surface area contributed by atoms with E-state index >= 15 is 0 Å². The molecule has 1 unspecified atom stereocenters. The molecular weight excluding hydrogens is 274 g/mol. The van der Waals surface area contributed by atoms with Crippen LogP contribution in [0.15, 0.2) is 33.5 Å². The van der Waals surface area contributed by atoms with Crippen molar-refractivity contribution in [1.82, 2.24) is 15.2 Å². The molecule has 0 aliphatic heterocycles. The number of aliphatic hydroxyl groups excluding tert-OH is 1. The third-order valence-corrected chi connectivity index (χ3v) is 3.04. The van der Waals surface area contributed by atoms with Gasteiger partial charge in [0, 0.05) is 19.6 Å². The second-order valence-corrected chi connectivity index (χ2v) is 4.81. The largest absolute Gasteiger partial charge is 0.420 e. The third kappa shape index (κ3) is 4.09. The Labute approximate surface area is 121 Å². The van der Waals surface area contributed by atoms with Gasteiger partial charge in [-0.05, 0) is 25.5 Å². The highest BCUT2D eigenvalue weighted by Gasteiger charge is 2.08. The van der Waals surface area contributed by atoms with E-state index in [-0.39, 0.29) is 6.03 Å². The first kappa shape index (κ1) is 15.1. The molecule has 21 heavy (non-hydrogen) atoms. The second-order valence-electron chi connectivity index (χ2n) is 4.81. The van der Waals surface area contributed by atoms with E-state index in [4.69, 9.17) is 9.52 Å². The van der Waals surface area contributed by atoms with Crippen LogP contribution < -0.4 is 16.4 Å². The number of carbonyl (C=O) groups excluding carboxylic acids is 1. The molecule has 1 heterocycles. The van der Waals surface area contributed by atoms with Crippen LogP contribution in [0, 0.1) is 0 Å². The van der Waals surface area contributed by atoms with Gasteiger partial charge in [0.05, 0.1) is 11.6 Å². The average molecular weight is 293 g/mol. The van der Waals surface area contributed by atoms with E-state index in [1.807, 2.05) is 6.07 Å². The van der Waals surface area contributed by atoms with Crippen molar-refractivity contribution in [2.75, 3.05) is 13.1 Å². The summed E-state index contributed by atoms with van der Waals surface area (Å²) in [5.74, 6) is -0.437. The van der Waals surface area contributed by atoms with Gasteiger partial charge < -0.3 is 20.2 Å². The topological polar surface area (TPSA) is 96.5 Å². The molecule has 0 bridgehead atoms. The Morgan fingerprint density at radius 1 is 1.33 bits per heavy atom. The van der Waals surface area contributed by atoms with Crippen LogP contribution in [0.3, 0.4) is 0 Å². The van der Waals surface area contributed by atoms with E-state index in [9.17, 15) is 9.59 Å². The van der Waals surface area contributed by atoms with Crippen LogP contribution in [-0.4, -0.2) is 34.9 Å². The van der Waals surface area contributed by atoms with Gasteiger partial charge >= 0.3 is 11.8 Å². The minimum Gasteiger partial charge on any atom is -0.408 e. The van der Waals surface area contributed by atoms with Crippen LogP contribution in [0.1, 0.15) is 13.3 Å². The normalized spacial score (nSPS) is 12.3. The van der Waals surface area contributed by atoms with Gasteiger partial charge in [-0.25, -0.2) is 9.59 Å². The summed E-state index contributed by atoms with van der Waals surface area (Å²) in [6.07, 6.45) is 0.0559. The summed E-state index contributed by atoms with van der Waals surface area (Å²) < 4.78 is 6.58. The van der Waals surface area contributed by atoms with Crippen LogP contribution in [-0.2, 0) is 6.54 Å². The van der Waals surface area contributed by atoms with Crippen molar-refractivity contribution >= 4 is 17.1 Å². The monoisotopic (exact) mass is 293 g/mol. The molecule has 2 amide bonds. The van der Waals surface area contributed by atoms with Crippen molar-refractivity contribution in [1.29, 1.82) is 0 Å². The molecule has 1 aromatic heterocycles. The van der Waals surface area contributed by atoms with Crippen molar-refractivity contribution < 1.29 is 14.3 Å². The van der Waals surface area contributed by atoms with Crippen LogP contribution >= 0.6 is 0 Å². The molecule has 3 N–H and O–H groups in total. The van der Waals surface area contributed by atoms with Crippen LogP contribution in [0.4, 0.5) is 4.79 Å². The summed E-state index contributed by atoms with van der Waals surface area (Å²) in [5.41, 5.74) is 1.24. The zero-order valence-corrected chi connectivity index (χ0v) is 11.8. The Bertz CT molecular complexity index is 660. The zero-order valence-electron chi connectivity index (χ0n) is 11.8. The lowest BCUT2D eigenvalue weighted by Gasteiger charge is -2.08. The smallest absolute Gasteiger partial charge is 0.408 e. The van der Waals surface area contributed by atoms with Crippen LogP contribution in [0.5, 0.6) is 0 Å². The van der Waals surface area contributed by atoms with Crippen LogP contribution in [0.25, 0.3) is 11.1 Å². The van der Waals surface area contributed by atoms with E-state index < -0.39 is 11.9 Å². The molecule has 0 saturated heterocycles. The summed E-state index contributed by atoms with van der Waals surface area (Å²) in [6.45, 7) is 2.71. The molecular formula is C14H19N3O4. The maximum absolute atomic E-state index is 11.7. The molecule has 0 radical (unpaired) electrons. The first-order chi connectivity index (χ1) is 10.1. The fourth-order valence-corrected chi connectivity index (χ4v) is 1.96. The molecule has 1 aromatic carbocycles. The minimum atomic E-state index is -0.443. The number of urea groups is 1. The molecule has 7 heteroatoms. The number of nitrogens with one attached hydrogen (secondary N) is 2. The molecule has 0 spiro atoms. The number of benzene rings is 1. The number of hydrogen-bond donors (Lipinski definition) is 3. The van der Waals surface area contributed by atoms with Gasteiger partial charge in [-0.3, -0.25) is 4.57 Å². The number of para-hydroxylation sites is 2. The summed E-state index contributed by atoms with van der Waals surface area (Å²) in [5, 5.41) is 14.4. The highest BCUT2D eigenvalue weighted by molar-refractivity contribution is 5.74. The van der Waals surface area contributed by atoms with Gasteiger partial charge in [-0.15, -0.1) is 0 Å². The minimum absolute atomic E-state index is 0.309.